The summed E-state index contributed by atoms with van der Waals surface area (Å²) in [6.07, 6.45) is -4.36. The van der Waals surface area contributed by atoms with E-state index in [1.165, 1.54) is 19.2 Å². The van der Waals surface area contributed by atoms with E-state index < -0.39 is 42.5 Å². The molecule has 1 fully saturated rings. The number of hydrogen-bond donors (Lipinski definition) is 2. The van der Waals surface area contributed by atoms with Crippen molar-refractivity contribution in [3.8, 4) is 6.01 Å². The molecule has 164 valence electrons. The van der Waals surface area contributed by atoms with Gasteiger partial charge >= 0.3 is 30.8 Å². The minimum atomic E-state index is -2.96. The Bertz CT molecular complexity index is 935. The molecule has 2 N–H and O–H groups in total. The maximum absolute atomic E-state index is 14.6. The SMILES string of the molecule is COc1nc(CC(=O)O)c(C2OCCO2)c(NC(C)c2cccc(C(F)F)c2F)n1.[H-].[Li+]. The summed E-state index contributed by atoms with van der Waals surface area (Å²) in [7, 11) is 1.31. The van der Waals surface area contributed by atoms with Gasteiger partial charge in [-0.05, 0) is 6.92 Å². The van der Waals surface area contributed by atoms with Gasteiger partial charge in [0.2, 0.25) is 0 Å². The van der Waals surface area contributed by atoms with Crippen LogP contribution in [0.2, 0.25) is 0 Å². The third kappa shape index (κ3) is 5.68. The van der Waals surface area contributed by atoms with Gasteiger partial charge in [0.05, 0.1) is 49.6 Å². The fourth-order valence-electron chi connectivity index (χ4n) is 3.10. The van der Waals surface area contributed by atoms with E-state index in [1.54, 1.807) is 6.92 Å². The van der Waals surface area contributed by atoms with Gasteiger partial charge in [0, 0.05) is 5.56 Å². The summed E-state index contributed by atoms with van der Waals surface area (Å²) in [5.74, 6) is -2.08. The summed E-state index contributed by atoms with van der Waals surface area (Å²) in [5, 5.41) is 12.2. The van der Waals surface area contributed by atoms with Crippen LogP contribution < -0.4 is 28.9 Å². The molecule has 0 radical (unpaired) electrons. The van der Waals surface area contributed by atoms with Crippen molar-refractivity contribution in [3.05, 3.63) is 46.4 Å². The van der Waals surface area contributed by atoms with Crippen molar-refractivity contribution in [2.24, 2.45) is 0 Å². The predicted molar refractivity (Wildman–Crippen MR) is 99.1 cm³/mol. The summed E-state index contributed by atoms with van der Waals surface area (Å²) >= 11 is 0. The second-order valence-electron chi connectivity index (χ2n) is 6.48. The van der Waals surface area contributed by atoms with Crippen molar-refractivity contribution < 1.29 is 57.6 Å². The number of methoxy groups -OCH3 is 1. The number of alkyl halides is 2. The molecule has 1 saturated heterocycles. The van der Waals surface area contributed by atoms with Gasteiger partial charge in [0.15, 0.2) is 6.29 Å². The van der Waals surface area contributed by atoms with E-state index in [-0.39, 0.29) is 62.2 Å². The Labute approximate surface area is 189 Å². The zero-order chi connectivity index (χ0) is 21.8. The quantitative estimate of drug-likeness (QED) is 0.579. The topological polar surface area (TPSA) is 103 Å². The van der Waals surface area contributed by atoms with Gasteiger partial charge in [-0.1, -0.05) is 18.2 Å². The zero-order valence-corrected chi connectivity index (χ0v) is 17.2. The Morgan fingerprint density at radius 3 is 2.55 bits per heavy atom. The largest absolute Gasteiger partial charge is 1.00 e. The number of halogens is 3. The molecule has 0 amide bonds. The molecule has 0 saturated carbocycles. The third-order valence-corrected chi connectivity index (χ3v) is 4.48. The molecule has 1 aromatic carbocycles. The average molecular weight is 435 g/mol. The van der Waals surface area contributed by atoms with Gasteiger partial charge in [0.25, 0.3) is 6.43 Å². The molecule has 1 unspecified atom stereocenters. The van der Waals surface area contributed by atoms with Crippen molar-refractivity contribution in [1.82, 2.24) is 9.97 Å². The number of carboxylic acids is 1. The summed E-state index contributed by atoms with van der Waals surface area (Å²) in [6, 6.07) is 2.79. The van der Waals surface area contributed by atoms with Gasteiger partial charge in [-0.3, -0.25) is 4.79 Å². The van der Waals surface area contributed by atoms with Gasteiger partial charge in [-0.15, -0.1) is 0 Å². The number of ether oxygens (including phenoxy) is 3. The molecular weight excluding hydrogens is 414 g/mol. The van der Waals surface area contributed by atoms with E-state index in [9.17, 15) is 23.1 Å². The number of nitrogens with one attached hydrogen (secondary N) is 1. The molecule has 8 nitrogen and oxygen atoms in total. The number of hydrogen-bond acceptors (Lipinski definition) is 7. The third-order valence-electron chi connectivity index (χ3n) is 4.48. The number of aliphatic carboxylic acids is 1. The summed E-state index contributed by atoms with van der Waals surface area (Å²) in [4.78, 5) is 19.6. The molecule has 31 heavy (non-hydrogen) atoms. The molecule has 1 aromatic heterocycles. The van der Waals surface area contributed by atoms with Gasteiger partial charge in [-0.2, -0.15) is 9.97 Å². The second kappa shape index (κ2) is 10.8. The second-order valence-corrected chi connectivity index (χ2v) is 6.48. The molecule has 0 aliphatic carbocycles. The van der Waals surface area contributed by atoms with E-state index in [1.807, 2.05) is 0 Å². The van der Waals surface area contributed by atoms with Crippen molar-refractivity contribution in [2.45, 2.75) is 32.1 Å². The fraction of sp³-hybridized carbons (Fsp3) is 0.421. The molecule has 2 heterocycles. The maximum atomic E-state index is 14.6. The first-order valence-corrected chi connectivity index (χ1v) is 9.04. The molecule has 1 atom stereocenters. The molecule has 3 rings (SSSR count). The number of rotatable bonds is 8. The van der Waals surface area contributed by atoms with E-state index in [4.69, 9.17) is 14.2 Å². The van der Waals surface area contributed by atoms with E-state index in [2.05, 4.69) is 15.3 Å². The van der Waals surface area contributed by atoms with Crippen LogP contribution in [-0.4, -0.2) is 41.4 Å². The Kier molecular flexibility index (Phi) is 8.70. The first-order valence-electron chi connectivity index (χ1n) is 9.04. The number of anilines is 1. The normalized spacial score (nSPS) is 14.9. The number of nitrogens with zero attached hydrogens (tertiary/aromatic N) is 2. The monoisotopic (exact) mass is 435 g/mol. The van der Waals surface area contributed by atoms with Gasteiger partial charge < -0.3 is 26.1 Å². The van der Waals surface area contributed by atoms with E-state index >= 15 is 0 Å². The smallest absolute Gasteiger partial charge is 1.00 e. The summed E-state index contributed by atoms with van der Waals surface area (Å²) < 4.78 is 56.7. The van der Waals surface area contributed by atoms with Crippen LogP contribution in [0.5, 0.6) is 6.01 Å². The maximum Gasteiger partial charge on any atom is 1.00 e. The van der Waals surface area contributed by atoms with Crippen molar-refractivity contribution >= 4 is 11.8 Å². The van der Waals surface area contributed by atoms with Crippen molar-refractivity contribution in [2.75, 3.05) is 25.6 Å². The molecule has 1 aliphatic rings. The van der Waals surface area contributed by atoms with Crippen LogP contribution in [0.25, 0.3) is 0 Å². The van der Waals surface area contributed by atoms with Crippen LogP contribution >= 0.6 is 0 Å². The van der Waals surface area contributed by atoms with E-state index in [0.717, 1.165) is 6.07 Å². The Balaban J connectivity index is 0.00000256. The van der Waals surface area contributed by atoms with Crippen molar-refractivity contribution in [3.63, 3.8) is 0 Å². The average Bonchev–Trinajstić information content (AvgIpc) is 3.21. The molecule has 0 bridgehead atoms. The standard InChI is InChI=1S/C19H20F3N3O5.Li.H/c1-9(10-4-3-5-11(15(10)20)16(21)22)23-17-14(18-29-6-7-30-18)12(8-13(26)27)24-19(25-17)28-2;;/h3-5,9,16,18H,6-8H2,1-2H3,(H,26,27)(H,23,24,25);;/q;+1;-1. The van der Waals surface area contributed by atoms with Crippen LogP contribution in [-0.2, 0) is 20.7 Å². The van der Waals surface area contributed by atoms with E-state index in [0.29, 0.717) is 0 Å². The number of benzene rings is 1. The first kappa shape index (κ1) is 24.9. The molecule has 2 aromatic rings. The van der Waals surface area contributed by atoms with Crippen LogP contribution in [0.1, 0.15) is 49.5 Å². The fourth-order valence-corrected chi connectivity index (χ4v) is 3.10. The number of carboxylic acid groups (broad SMARTS) is 1. The Morgan fingerprint density at radius 1 is 1.32 bits per heavy atom. The summed E-state index contributed by atoms with van der Waals surface area (Å²) in [6.45, 7) is 2.12. The van der Waals surface area contributed by atoms with Crippen molar-refractivity contribution in [1.29, 1.82) is 0 Å². The summed E-state index contributed by atoms with van der Waals surface area (Å²) in [5.41, 5.74) is -0.397. The molecule has 1 aliphatic heterocycles. The molecule has 12 heteroatoms. The predicted octanol–water partition coefficient (Wildman–Crippen LogP) is 0.524. The zero-order valence-electron chi connectivity index (χ0n) is 18.2. The number of aromatic nitrogens is 2. The minimum absolute atomic E-state index is 0. The molecule has 0 spiro atoms. The van der Waals surface area contributed by atoms with Crippen LogP contribution in [0.15, 0.2) is 18.2 Å². The van der Waals surface area contributed by atoms with Gasteiger partial charge in [-0.25, -0.2) is 13.2 Å². The Hall–Kier alpha value is -2.32. The first-order chi connectivity index (χ1) is 14.3. The number of carbonyl (C=O) groups is 1. The van der Waals surface area contributed by atoms with Crippen LogP contribution in [0.3, 0.4) is 0 Å². The minimum Gasteiger partial charge on any atom is -1.00 e. The van der Waals surface area contributed by atoms with Crippen LogP contribution in [0.4, 0.5) is 19.0 Å². The van der Waals surface area contributed by atoms with Gasteiger partial charge in [0.1, 0.15) is 11.6 Å². The molecular formula is C19H21F3LiN3O5. The van der Waals surface area contributed by atoms with Crippen LogP contribution in [0, 0.1) is 5.82 Å². The Morgan fingerprint density at radius 2 is 1.97 bits per heavy atom.